The molecule has 0 N–H and O–H groups in total. The van der Waals surface area contributed by atoms with Gasteiger partial charge in [0, 0.05) is 17.5 Å². The second-order valence-electron chi connectivity index (χ2n) is 5.51. The van der Waals surface area contributed by atoms with Crippen LogP contribution in [0.4, 0.5) is 0 Å². The molecule has 0 amide bonds. The van der Waals surface area contributed by atoms with E-state index in [0.29, 0.717) is 18.9 Å². The molecule has 110 valence electrons. The van der Waals surface area contributed by atoms with Crippen molar-refractivity contribution in [2.24, 2.45) is 5.92 Å². The van der Waals surface area contributed by atoms with Crippen molar-refractivity contribution in [3.05, 3.63) is 34.3 Å². The van der Waals surface area contributed by atoms with E-state index in [9.17, 15) is 4.79 Å². The molecular weight excluding hydrogens is 316 g/mol. The smallest absolute Gasteiger partial charge is 0.166 e. The Bertz CT molecular complexity index is 438. The van der Waals surface area contributed by atoms with Crippen molar-refractivity contribution in [1.29, 1.82) is 0 Å². The minimum absolute atomic E-state index is 0.215. The molecule has 0 spiro atoms. The summed E-state index contributed by atoms with van der Waals surface area (Å²) in [6.07, 6.45) is 6.27. The van der Waals surface area contributed by atoms with Crippen molar-refractivity contribution < 1.29 is 9.53 Å². The number of benzene rings is 1. The van der Waals surface area contributed by atoms with E-state index in [4.69, 9.17) is 4.74 Å². The van der Waals surface area contributed by atoms with Gasteiger partial charge >= 0.3 is 0 Å². The molecule has 2 nitrogen and oxygen atoms in total. The van der Waals surface area contributed by atoms with Crippen molar-refractivity contribution in [3.63, 3.8) is 0 Å². The molecule has 1 aromatic rings. The third-order valence-electron chi connectivity index (χ3n) is 4.06. The zero-order valence-electron chi connectivity index (χ0n) is 12.1. The van der Waals surface area contributed by atoms with Crippen LogP contribution in [0.15, 0.2) is 28.7 Å². The summed E-state index contributed by atoms with van der Waals surface area (Å²) in [7, 11) is 0. The topological polar surface area (TPSA) is 26.3 Å². The van der Waals surface area contributed by atoms with Gasteiger partial charge in [0.2, 0.25) is 0 Å². The first-order valence-electron chi connectivity index (χ1n) is 7.60. The summed E-state index contributed by atoms with van der Waals surface area (Å²) in [5, 5.41) is 0. The van der Waals surface area contributed by atoms with E-state index in [0.717, 1.165) is 22.9 Å². The van der Waals surface area contributed by atoms with Crippen LogP contribution in [-0.4, -0.2) is 18.5 Å². The number of ketones is 1. The Morgan fingerprint density at radius 1 is 1.30 bits per heavy atom. The van der Waals surface area contributed by atoms with Gasteiger partial charge in [0.25, 0.3) is 0 Å². The number of ether oxygens (including phenoxy) is 1. The van der Waals surface area contributed by atoms with E-state index < -0.39 is 0 Å². The molecule has 0 heterocycles. The van der Waals surface area contributed by atoms with Crippen LogP contribution in [0.5, 0.6) is 0 Å². The summed E-state index contributed by atoms with van der Waals surface area (Å²) in [4.78, 5) is 12.6. The first-order chi connectivity index (χ1) is 9.72. The van der Waals surface area contributed by atoms with Gasteiger partial charge in [-0.25, -0.2) is 0 Å². The fourth-order valence-corrected chi connectivity index (χ4v) is 3.46. The molecule has 3 heteroatoms. The molecule has 0 aliphatic heterocycles. The van der Waals surface area contributed by atoms with E-state index in [-0.39, 0.29) is 11.9 Å². The fraction of sp³-hybridized carbons (Fsp3) is 0.588. The standard InChI is InChI=1S/C17H23BrO2/c1-2-20-17(13-8-4-3-5-9-13)16(19)12-14-10-6-7-11-15(14)18/h6-7,10-11,13,17H,2-5,8-9,12H2,1H3. The molecule has 1 unspecified atom stereocenters. The van der Waals surface area contributed by atoms with Crippen molar-refractivity contribution in [1.82, 2.24) is 0 Å². The Kier molecular flexibility index (Phi) is 6.24. The number of Topliss-reactive ketones (excluding diaryl/α,β-unsaturated/α-hetero) is 1. The summed E-state index contributed by atoms with van der Waals surface area (Å²) in [5.41, 5.74) is 1.05. The molecule has 1 aliphatic rings. The molecule has 0 radical (unpaired) electrons. The lowest BCUT2D eigenvalue weighted by atomic mass is 9.82. The predicted molar refractivity (Wildman–Crippen MR) is 84.8 cm³/mol. The molecule has 1 aliphatic carbocycles. The van der Waals surface area contributed by atoms with Gasteiger partial charge in [-0.05, 0) is 37.3 Å². The van der Waals surface area contributed by atoms with E-state index in [1.807, 2.05) is 31.2 Å². The normalized spacial score (nSPS) is 17.9. The molecule has 0 aromatic heterocycles. The largest absolute Gasteiger partial charge is 0.370 e. The second-order valence-corrected chi connectivity index (χ2v) is 6.36. The Balaban J connectivity index is 2.04. The van der Waals surface area contributed by atoms with Gasteiger partial charge in [0.1, 0.15) is 6.10 Å². The first-order valence-corrected chi connectivity index (χ1v) is 8.39. The first kappa shape index (κ1) is 15.7. The van der Waals surface area contributed by atoms with Crippen molar-refractivity contribution >= 4 is 21.7 Å². The Morgan fingerprint density at radius 3 is 2.65 bits per heavy atom. The van der Waals surface area contributed by atoms with Crippen LogP contribution in [0, 0.1) is 5.92 Å². The fourth-order valence-electron chi connectivity index (χ4n) is 3.04. The third kappa shape index (κ3) is 4.16. The monoisotopic (exact) mass is 338 g/mol. The van der Waals surface area contributed by atoms with Crippen molar-refractivity contribution in [2.45, 2.75) is 51.6 Å². The summed E-state index contributed by atoms with van der Waals surface area (Å²) in [6.45, 7) is 2.59. The minimum Gasteiger partial charge on any atom is -0.370 e. The number of hydrogen-bond acceptors (Lipinski definition) is 2. The molecule has 1 saturated carbocycles. The lowest BCUT2D eigenvalue weighted by Gasteiger charge is -2.29. The Labute approximate surface area is 130 Å². The summed E-state index contributed by atoms with van der Waals surface area (Å²) in [6, 6.07) is 7.94. The van der Waals surface area contributed by atoms with Gasteiger partial charge < -0.3 is 4.74 Å². The van der Waals surface area contributed by atoms with E-state index in [1.165, 1.54) is 19.3 Å². The number of rotatable bonds is 6. The highest BCUT2D eigenvalue weighted by Gasteiger charge is 2.29. The molecule has 20 heavy (non-hydrogen) atoms. The van der Waals surface area contributed by atoms with E-state index in [2.05, 4.69) is 15.9 Å². The van der Waals surface area contributed by atoms with Crippen LogP contribution in [-0.2, 0) is 16.0 Å². The highest BCUT2D eigenvalue weighted by Crippen LogP contribution is 2.29. The van der Waals surface area contributed by atoms with Gasteiger partial charge in [-0.3, -0.25) is 4.79 Å². The summed E-state index contributed by atoms with van der Waals surface area (Å²) < 4.78 is 6.80. The molecule has 1 fully saturated rings. The molecular formula is C17H23BrO2. The van der Waals surface area contributed by atoms with Crippen LogP contribution in [0.25, 0.3) is 0 Å². The maximum absolute atomic E-state index is 12.6. The maximum Gasteiger partial charge on any atom is 0.166 e. The lowest BCUT2D eigenvalue weighted by Crippen LogP contribution is -2.35. The van der Waals surface area contributed by atoms with Gasteiger partial charge in [0.15, 0.2) is 5.78 Å². The van der Waals surface area contributed by atoms with Crippen molar-refractivity contribution in [2.75, 3.05) is 6.61 Å². The average molecular weight is 339 g/mol. The zero-order chi connectivity index (χ0) is 14.4. The quantitative estimate of drug-likeness (QED) is 0.760. The summed E-state index contributed by atoms with van der Waals surface area (Å²) in [5.74, 6) is 0.643. The lowest BCUT2D eigenvalue weighted by molar-refractivity contribution is -0.134. The second kappa shape index (κ2) is 7.94. The number of halogens is 1. The highest BCUT2D eigenvalue weighted by molar-refractivity contribution is 9.10. The van der Waals surface area contributed by atoms with Crippen LogP contribution in [0.3, 0.4) is 0 Å². The Morgan fingerprint density at radius 2 is 2.00 bits per heavy atom. The van der Waals surface area contributed by atoms with Crippen molar-refractivity contribution in [3.8, 4) is 0 Å². The van der Waals surface area contributed by atoms with E-state index in [1.54, 1.807) is 0 Å². The van der Waals surface area contributed by atoms with Gasteiger partial charge in [-0.1, -0.05) is 53.4 Å². The molecule has 0 saturated heterocycles. The molecule has 2 rings (SSSR count). The minimum atomic E-state index is -0.215. The Hall–Kier alpha value is -0.670. The molecule has 1 atom stereocenters. The average Bonchev–Trinajstić information content (AvgIpc) is 2.48. The molecule has 0 bridgehead atoms. The number of carbonyl (C=O) groups is 1. The summed E-state index contributed by atoms with van der Waals surface area (Å²) >= 11 is 3.52. The van der Waals surface area contributed by atoms with Gasteiger partial charge in [-0.15, -0.1) is 0 Å². The van der Waals surface area contributed by atoms with E-state index >= 15 is 0 Å². The van der Waals surface area contributed by atoms with Crippen LogP contribution >= 0.6 is 15.9 Å². The van der Waals surface area contributed by atoms with Crippen LogP contribution in [0.2, 0.25) is 0 Å². The highest BCUT2D eigenvalue weighted by atomic mass is 79.9. The molecule has 1 aromatic carbocycles. The maximum atomic E-state index is 12.6. The van der Waals surface area contributed by atoms with Gasteiger partial charge in [-0.2, -0.15) is 0 Å². The predicted octanol–water partition coefficient (Wildman–Crippen LogP) is 4.55. The zero-order valence-corrected chi connectivity index (χ0v) is 13.7. The third-order valence-corrected chi connectivity index (χ3v) is 4.84. The SMILES string of the molecule is CCOC(C(=O)Cc1ccccc1Br)C1CCCCC1. The number of hydrogen-bond donors (Lipinski definition) is 0. The van der Waals surface area contributed by atoms with Crippen LogP contribution < -0.4 is 0 Å². The van der Waals surface area contributed by atoms with Gasteiger partial charge in [0.05, 0.1) is 0 Å². The number of carbonyl (C=O) groups excluding carboxylic acids is 1. The van der Waals surface area contributed by atoms with Crippen LogP contribution in [0.1, 0.15) is 44.6 Å².